The molecule has 1 N–H and O–H groups in total. The first-order valence-electron chi connectivity index (χ1n) is 9.15. The minimum absolute atomic E-state index is 1.07. The summed E-state index contributed by atoms with van der Waals surface area (Å²) in [4.78, 5) is 2.28. The van der Waals surface area contributed by atoms with Gasteiger partial charge in [-0.3, -0.25) is 0 Å². The average Bonchev–Trinajstić information content (AvgIpc) is 2.73. The predicted molar refractivity (Wildman–Crippen MR) is 116 cm³/mol. The molecule has 27 heavy (non-hydrogen) atoms. The van der Waals surface area contributed by atoms with Gasteiger partial charge < -0.3 is 10.2 Å². The van der Waals surface area contributed by atoms with Crippen molar-refractivity contribution in [2.75, 3.05) is 10.2 Å². The lowest BCUT2D eigenvalue weighted by Gasteiger charge is -2.28. The van der Waals surface area contributed by atoms with Gasteiger partial charge in [0.2, 0.25) is 0 Å². The molecule has 0 aliphatic rings. The van der Waals surface area contributed by atoms with E-state index in [2.05, 4.69) is 114 Å². The van der Waals surface area contributed by atoms with E-state index >= 15 is 0 Å². The van der Waals surface area contributed by atoms with Crippen LogP contribution in [-0.4, -0.2) is 0 Å². The highest BCUT2D eigenvalue weighted by Gasteiger charge is 2.15. The fourth-order valence-electron chi connectivity index (χ4n) is 3.21. The van der Waals surface area contributed by atoms with Crippen molar-refractivity contribution in [3.05, 3.63) is 115 Å². The number of hydrogen-bond donors (Lipinski definition) is 1. The molecule has 132 valence electrons. The Morgan fingerprint density at radius 2 is 1.00 bits per heavy atom. The molecule has 0 unspecified atom stereocenters. The third-order valence-corrected chi connectivity index (χ3v) is 4.59. The zero-order valence-corrected chi connectivity index (χ0v) is 15.3. The zero-order chi connectivity index (χ0) is 18.5. The van der Waals surface area contributed by atoms with Crippen molar-refractivity contribution < 1.29 is 0 Å². The molecule has 4 aromatic carbocycles. The Kier molecular flexibility index (Phi) is 4.88. The standard InChI is InChI=1S/C25H22N2/c1-20-12-8-9-17-23(20)26-24-18-10-11-19-25(24)27(21-13-4-2-5-14-21)22-15-6-3-7-16-22/h2-19,26H,1H3. The predicted octanol–water partition coefficient (Wildman–Crippen LogP) is 7.21. The van der Waals surface area contributed by atoms with Gasteiger partial charge in [-0.1, -0.05) is 66.7 Å². The van der Waals surface area contributed by atoms with Crippen LogP contribution in [0.4, 0.5) is 28.4 Å². The van der Waals surface area contributed by atoms with Crippen LogP contribution >= 0.6 is 0 Å². The molecule has 0 atom stereocenters. The maximum atomic E-state index is 3.62. The molecule has 0 aliphatic carbocycles. The molecule has 0 amide bonds. The van der Waals surface area contributed by atoms with Gasteiger partial charge in [0, 0.05) is 17.1 Å². The first kappa shape index (κ1) is 16.9. The largest absolute Gasteiger partial charge is 0.354 e. The Hall–Kier alpha value is -3.52. The van der Waals surface area contributed by atoms with E-state index in [1.54, 1.807) is 0 Å². The van der Waals surface area contributed by atoms with Crippen molar-refractivity contribution in [2.45, 2.75) is 6.92 Å². The van der Waals surface area contributed by atoms with Crippen LogP contribution < -0.4 is 10.2 Å². The van der Waals surface area contributed by atoms with Crippen LogP contribution in [0, 0.1) is 6.92 Å². The molecule has 0 fully saturated rings. The summed E-state index contributed by atoms with van der Waals surface area (Å²) >= 11 is 0. The Labute approximate surface area is 160 Å². The first-order chi connectivity index (χ1) is 13.3. The van der Waals surface area contributed by atoms with Crippen LogP contribution in [0.5, 0.6) is 0 Å². The Bertz CT molecular complexity index is 971. The number of benzene rings is 4. The third kappa shape index (κ3) is 3.70. The van der Waals surface area contributed by atoms with E-state index in [-0.39, 0.29) is 0 Å². The minimum Gasteiger partial charge on any atom is -0.354 e. The van der Waals surface area contributed by atoms with Gasteiger partial charge in [0.25, 0.3) is 0 Å². The zero-order valence-electron chi connectivity index (χ0n) is 15.3. The van der Waals surface area contributed by atoms with Gasteiger partial charge in [0.05, 0.1) is 11.4 Å². The second-order valence-corrected chi connectivity index (χ2v) is 6.46. The summed E-state index contributed by atoms with van der Waals surface area (Å²) in [5, 5.41) is 3.62. The number of rotatable bonds is 5. The molecular weight excluding hydrogens is 328 g/mol. The highest BCUT2D eigenvalue weighted by molar-refractivity contribution is 5.86. The SMILES string of the molecule is Cc1ccccc1Nc1ccccc1N(c1ccccc1)c1ccccc1. The van der Waals surface area contributed by atoms with E-state index in [0.29, 0.717) is 0 Å². The average molecular weight is 350 g/mol. The Morgan fingerprint density at radius 3 is 1.59 bits per heavy atom. The second kappa shape index (κ2) is 7.79. The van der Waals surface area contributed by atoms with E-state index in [4.69, 9.17) is 0 Å². The minimum atomic E-state index is 1.07. The van der Waals surface area contributed by atoms with Crippen molar-refractivity contribution >= 4 is 28.4 Å². The van der Waals surface area contributed by atoms with Gasteiger partial charge in [-0.15, -0.1) is 0 Å². The molecule has 0 radical (unpaired) electrons. The summed E-state index contributed by atoms with van der Waals surface area (Å²) in [6, 6.07) is 37.7. The fraction of sp³-hybridized carbons (Fsp3) is 0.0400. The molecule has 0 spiro atoms. The number of aryl methyl sites for hydroxylation is 1. The first-order valence-corrected chi connectivity index (χ1v) is 9.15. The van der Waals surface area contributed by atoms with Crippen LogP contribution in [0.1, 0.15) is 5.56 Å². The quantitative estimate of drug-likeness (QED) is 0.409. The molecule has 4 aromatic rings. The number of nitrogens with zero attached hydrogens (tertiary/aromatic N) is 1. The van der Waals surface area contributed by atoms with Crippen molar-refractivity contribution in [3.8, 4) is 0 Å². The molecule has 0 aliphatic heterocycles. The summed E-state index contributed by atoms with van der Waals surface area (Å²) in [6.07, 6.45) is 0. The number of nitrogens with one attached hydrogen (secondary N) is 1. The van der Waals surface area contributed by atoms with Crippen LogP contribution in [0.2, 0.25) is 0 Å². The highest BCUT2D eigenvalue weighted by atomic mass is 15.2. The summed E-state index contributed by atoms with van der Waals surface area (Å²) in [5.41, 5.74) is 6.77. The van der Waals surface area contributed by atoms with E-state index in [1.165, 1.54) is 5.56 Å². The summed E-state index contributed by atoms with van der Waals surface area (Å²) in [5.74, 6) is 0. The summed E-state index contributed by atoms with van der Waals surface area (Å²) in [6.45, 7) is 2.12. The lowest BCUT2D eigenvalue weighted by Crippen LogP contribution is -2.11. The summed E-state index contributed by atoms with van der Waals surface area (Å²) < 4.78 is 0. The third-order valence-electron chi connectivity index (χ3n) is 4.59. The van der Waals surface area contributed by atoms with Gasteiger partial charge in [0.1, 0.15) is 0 Å². The van der Waals surface area contributed by atoms with E-state index in [0.717, 1.165) is 28.4 Å². The number of anilines is 5. The molecule has 0 bridgehead atoms. The van der Waals surface area contributed by atoms with E-state index in [9.17, 15) is 0 Å². The lowest BCUT2D eigenvalue weighted by molar-refractivity contribution is 1.28. The van der Waals surface area contributed by atoms with Crippen molar-refractivity contribution in [1.82, 2.24) is 0 Å². The summed E-state index contributed by atoms with van der Waals surface area (Å²) in [7, 11) is 0. The van der Waals surface area contributed by atoms with Crippen LogP contribution in [0.15, 0.2) is 109 Å². The second-order valence-electron chi connectivity index (χ2n) is 6.46. The Morgan fingerprint density at radius 1 is 0.519 bits per heavy atom. The maximum Gasteiger partial charge on any atom is 0.0696 e. The molecule has 0 aromatic heterocycles. The van der Waals surface area contributed by atoms with Gasteiger partial charge in [-0.25, -0.2) is 0 Å². The smallest absolute Gasteiger partial charge is 0.0696 e. The highest BCUT2D eigenvalue weighted by Crippen LogP contribution is 2.39. The molecule has 4 rings (SSSR count). The normalized spacial score (nSPS) is 10.4. The molecule has 0 saturated heterocycles. The lowest BCUT2D eigenvalue weighted by atomic mass is 10.1. The molecule has 0 heterocycles. The number of hydrogen-bond acceptors (Lipinski definition) is 2. The van der Waals surface area contributed by atoms with Gasteiger partial charge in [-0.2, -0.15) is 0 Å². The van der Waals surface area contributed by atoms with E-state index in [1.807, 2.05) is 12.1 Å². The van der Waals surface area contributed by atoms with Gasteiger partial charge in [0.15, 0.2) is 0 Å². The van der Waals surface area contributed by atoms with Crippen LogP contribution in [0.3, 0.4) is 0 Å². The molecule has 0 saturated carbocycles. The van der Waals surface area contributed by atoms with Gasteiger partial charge >= 0.3 is 0 Å². The van der Waals surface area contributed by atoms with Crippen molar-refractivity contribution in [1.29, 1.82) is 0 Å². The number of para-hydroxylation sites is 5. The maximum absolute atomic E-state index is 3.62. The van der Waals surface area contributed by atoms with Gasteiger partial charge in [-0.05, 0) is 55.0 Å². The van der Waals surface area contributed by atoms with Crippen molar-refractivity contribution in [2.24, 2.45) is 0 Å². The topological polar surface area (TPSA) is 15.3 Å². The monoisotopic (exact) mass is 350 g/mol. The molecular formula is C25H22N2. The van der Waals surface area contributed by atoms with Crippen molar-refractivity contribution in [3.63, 3.8) is 0 Å². The van der Waals surface area contributed by atoms with Crippen LogP contribution in [0.25, 0.3) is 0 Å². The van der Waals surface area contributed by atoms with E-state index < -0.39 is 0 Å². The molecule has 2 nitrogen and oxygen atoms in total. The Balaban J connectivity index is 1.83. The fourth-order valence-corrected chi connectivity index (χ4v) is 3.21. The van der Waals surface area contributed by atoms with Crippen LogP contribution in [-0.2, 0) is 0 Å². The molecule has 2 heteroatoms.